The Kier molecular flexibility index (Phi) is 7.81. The molecular weight excluding hydrogens is 278 g/mol. The highest BCUT2D eigenvalue weighted by Crippen LogP contribution is 2.15. The number of anilines is 3. The van der Waals surface area contributed by atoms with Gasteiger partial charge in [-0.3, -0.25) is 0 Å². The van der Waals surface area contributed by atoms with E-state index in [4.69, 9.17) is 21.7 Å². The van der Waals surface area contributed by atoms with E-state index in [1.54, 1.807) is 12.1 Å². The van der Waals surface area contributed by atoms with E-state index in [2.05, 4.69) is 0 Å². The van der Waals surface area contributed by atoms with Gasteiger partial charge in [-0.15, -0.1) is 0 Å². The molecule has 0 bridgehead atoms. The minimum atomic E-state index is 0.0738. The highest BCUT2D eigenvalue weighted by atomic mass is 16.3. The van der Waals surface area contributed by atoms with Crippen molar-refractivity contribution in [3.63, 3.8) is 0 Å². The van der Waals surface area contributed by atoms with Crippen molar-refractivity contribution >= 4 is 17.1 Å². The van der Waals surface area contributed by atoms with Gasteiger partial charge in [0.05, 0.1) is 13.2 Å². The molecule has 0 aliphatic rings. The Morgan fingerprint density at radius 2 is 1.18 bits per heavy atom. The van der Waals surface area contributed by atoms with Crippen LogP contribution in [0.25, 0.3) is 0 Å². The van der Waals surface area contributed by atoms with E-state index in [0.717, 1.165) is 11.4 Å². The van der Waals surface area contributed by atoms with Crippen molar-refractivity contribution < 1.29 is 10.2 Å². The van der Waals surface area contributed by atoms with E-state index < -0.39 is 0 Å². The summed E-state index contributed by atoms with van der Waals surface area (Å²) in [6, 6.07) is 15.1. The monoisotopic (exact) mass is 303 g/mol. The van der Waals surface area contributed by atoms with Crippen molar-refractivity contribution in [3.05, 3.63) is 54.1 Å². The summed E-state index contributed by atoms with van der Waals surface area (Å²) in [4.78, 5) is 1.90. The molecule has 0 heterocycles. The van der Waals surface area contributed by atoms with Crippen LogP contribution in [-0.2, 0) is 0 Å². The molecule has 2 rings (SSSR count). The Labute approximate surface area is 131 Å². The first kappa shape index (κ1) is 17.8. The number of nitrogens with zero attached hydrogens (tertiary/aromatic N) is 1. The van der Waals surface area contributed by atoms with Crippen molar-refractivity contribution in [2.75, 3.05) is 42.7 Å². The second-order valence-electron chi connectivity index (χ2n) is 4.94. The molecule has 0 spiro atoms. The molecule has 0 aromatic heterocycles. The largest absolute Gasteiger partial charge is 0.399 e. The fourth-order valence-corrected chi connectivity index (χ4v) is 1.86. The van der Waals surface area contributed by atoms with Crippen molar-refractivity contribution in [1.29, 1.82) is 0 Å². The van der Waals surface area contributed by atoms with Crippen LogP contribution in [0.15, 0.2) is 48.5 Å². The molecule has 2 aromatic carbocycles. The van der Waals surface area contributed by atoms with Crippen LogP contribution in [0.5, 0.6) is 0 Å². The van der Waals surface area contributed by atoms with Crippen LogP contribution in [0.2, 0.25) is 0 Å². The molecular formula is C17H25N3O2. The number of nitrogen functional groups attached to an aromatic ring is 2. The molecule has 0 saturated heterocycles. The van der Waals surface area contributed by atoms with Gasteiger partial charge in [0.25, 0.3) is 0 Å². The van der Waals surface area contributed by atoms with Crippen LogP contribution in [0.1, 0.15) is 5.56 Å². The Morgan fingerprint density at radius 3 is 1.55 bits per heavy atom. The van der Waals surface area contributed by atoms with Gasteiger partial charge < -0.3 is 26.6 Å². The van der Waals surface area contributed by atoms with E-state index in [-0.39, 0.29) is 13.2 Å². The number of hydrogen-bond acceptors (Lipinski definition) is 5. The number of nitrogens with two attached hydrogens (primary N) is 2. The topological polar surface area (TPSA) is 95.7 Å². The summed E-state index contributed by atoms with van der Waals surface area (Å²) in [5, 5.41) is 17.7. The number of aliphatic hydroxyl groups excluding tert-OH is 2. The summed E-state index contributed by atoms with van der Waals surface area (Å²) in [7, 11) is 0. The minimum absolute atomic E-state index is 0.0738. The molecule has 0 radical (unpaired) electrons. The SMILES string of the molecule is Cc1ccc(N)cc1.Nc1ccc(N(CCO)CCO)cc1. The third-order valence-electron chi connectivity index (χ3n) is 3.08. The van der Waals surface area contributed by atoms with Crippen molar-refractivity contribution in [2.24, 2.45) is 0 Å². The van der Waals surface area contributed by atoms with Crippen LogP contribution in [-0.4, -0.2) is 36.5 Å². The van der Waals surface area contributed by atoms with Crippen molar-refractivity contribution in [1.82, 2.24) is 0 Å². The third kappa shape index (κ3) is 6.47. The lowest BCUT2D eigenvalue weighted by atomic mass is 10.2. The van der Waals surface area contributed by atoms with Gasteiger partial charge in [-0.2, -0.15) is 0 Å². The van der Waals surface area contributed by atoms with Gasteiger partial charge in [0.2, 0.25) is 0 Å². The Hall–Kier alpha value is -2.24. The molecule has 0 saturated carbocycles. The quantitative estimate of drug-likeness (QED) is 0.630. The van der Waals surface area contributed by atoms with Crippen LogP contribution < -0.4 is 16.4 Å². The average Bonchev–Trinajstić information content (AvgIpc) is 2.52. The molecule has 2 aromatic rings. The zero-order valence-corrected chi connectivity index (χ0v) is 12.9. The van der Waals surface area contributed by atoms with Crippen LogP contribution in [0.4, 0.5) is 17.1 Å². The summed E-state index contributed by atoms with van der Waals surface area (Å²) in [6.07, 6.45) is 0. The van der Waals surface area contributed by atoms with Gasteiger partial charge in [0.15, 0.2) is 0 Å². The van der Waals surface area contributed by atoms with Crippen LogP contribution in [0.3, 0.4) is 0 Å². The van der Waals surface area contributed by atoms with E-state index in [1.165, 1.54) is 5.56 Å². The first-order valence-electron chi connectivity index (χ1n) is 7.21. The Morgan fingerprint density at radius 1 is 0.773 bits per heavy atom. The van der Waals surface area contributed by atoms with Gasteiger partial charge in [-0.1, -0.05) is 17.7 Å². The molecule has 120 valence electrons. The fourth-order valence-electron chi connectivity index (χ4n) is 1.86. The number of benzene rings is 2. The zero-order chi connectivity index (χ0) is 16.4. The lowest BCUT2D eigenvalue weighted by Gasteiger charge is -2.22. The number of aliphatic hydroxyl groups is 2. The lowest BCUT2D eigenvalue weighted by molar-refractivity contribution is 0.281. The molecule has 5 heteroatoms. The molecule has 5 nitrogen and oxygen atoms in total. The first-order chi connectivity index (χ1) is 10.6. The predicted molar refractivity (Wildman–Crippen MR) is 92.8 cm³/mol. The third-order valence-corrected chi connectivity index (χ3v) is 3.08. The second kappa shape index (κ2) is 9.65. The van der Waals surface area contributed by atoms with Gasteiger partial charge in [-0.05, 0) is 43.3 Å². The van der Waals surface area contributed by atoms with E-state index in [0.29, 0.717) is 18.8 Å². The second-order valence-corrected chi connectivity index (χ2v) is 4.94. The normalized spacial score (nSPS) is 9.77. The summed E-state index contributed by atoms with van der Waals surface area (Å²) in [5.41, 5.74) is 14.7. The van der Waals surface area contributed by atoms with Crippen LogP contribution >= 0.6 is 0 Å². The molecule has 0 fully saturated rings. The van der Waals surface area contributed by atoms with E-state index in [9.17, 15) is 0 Å². The van der Waals surface area contributed by atoms with Gasteiger partial charge in [0.1, 0.15) is 0 Å². The highest BCUT2D eigenvalue weighted by Gasteiger charge is 2.03. The predicted octanol–water partition coefficient (Wildman–Crippen LogP) is 1.64. The van der Waals surface area contributed by atoms with Gasteiger partial charge in [-0.25, -0.2) is 0 Å². The van der Waals surface area contributed by atoms with Crippen molar-refractivity contribution in [3.8, 4) is 0 Å². The average molecular weight is 303 g/mol. The molecule has 0 atom stereocenters. The Balaban J connectivity index is 0.000000255. The smallest absolute Gasteiger partial charge is 0.0606 e. The molecule has 0 aliphatic heterocycles. The summed E-state index contributed by atoms with van der Waals surface area (Å²) in [5.74, 6) is 0. The molecule has 0 aliphatic carbocycles. The maximum atomic E-state index is 8.83. The number of rotatable bonds is 5. The van der Waals surface area contributed by atoms with Crippen molar-refractivity contribution in [2.45, 2.75) is 6.92 Å². The molecule has 0 unspecified atom stereocenters. The van der Waals surface area contributed by atoms with E-state index >= 15 is 0 Å². The van der Waals surface area contributed by atoms with Gasteiger partial charge >= 0.3 is 0 Å². The minimum Gasteiger partial charge on any atom is -0.399 e. The highest BCUT2D eigenvalue weighted by molar-refractivity contribution is 5.53. The summed E-state index contributed by atoms with van der Waals surface area (Å²) >= 11 is 0. The lowest BCUT2D eigenvalue weighted by Crippen LogP contribution is -2.29. The van der Waals surface area contributed by atoms with Crippen LogP contribution in [0, 0.1) is 6.92 Å². The van der Waals surface area contributed by atoms with Gasteiger partial charge in [0, 0.05) is 30.2 Å². The molecule has 6 N–H and O–H groups in total. The van der Waals surface area contributed by atoms with E-state index in [1.807, 2.05) is 48.2 Å². The molecule has 22 heavy (non-hydrogen) atoms. The zero-order valence-electron chi connectivity index (χ0n) is 12.9. The molecule has 0 amide bonds. The fraction of sp³-hybridized carbons (Fsp3) is 0.294. The Bertz CT molecular complexity index is 500. The maximum Gasteiger partial charge on any atom is 0.0606 e. The first-order valence-corrected chi connectivity index (χ1v) is 7.21. The number of hydrogen-bond donors (Lipinski definition) is 4. The summed E-state index contributed by atoms with van der Waals surface area (Å²) < 4.78 is 0. The maximum absolute atomic E-state index is 8.83. The number of aryl methyl sites for hydroxylation is 1. The standard InChI is InChI=1S/C10H16N2O2.C7H9N/c11-9-1-3-10(4-2-9)12(5-7-13)6-8-14;1-6-2-4-7(8)5-3-6/h1-4,13-14H,5-8,11H2;2-5H,8H2,1H3. The summed E-state index contributed by atoms with van der Waals surface area (Å²) in [6.45, 7) is 3.23.